The van der Waals surface area contributed by atoms with Gasteiger partial charge < -0.3 is 0 Å². The summed E-state index contributed by atoms with van der Waals surface area (Å²) in [6.07, 6.45) is 1.91. The van der Waals surface area contributed by atoms with Crippen molar-refractivity contribution >= 4 is 28.1 Å². The Labute approximate surface area is 145 Å². The maximum atomic E-state index is 4.13. The van der Waals surface area contributed by atoms with Gasteiger partial charge in [0.25, 0.3) is 0 Å². The van der Waals surface area contributed by atoms with Gasteiger partial charge in [0.1, 0.15) is 0 Å². The lowest BCUT2D eigenvalue weighted by molar-refractivity contribution is 1.48. The predicted octanol–water partition coefficient (Wildman–Crippen LogP) is 4.91. The van der Waals surface area contributed by atoms with Crippen LogP contribution in [0, 0.1) is 0 Å². The van der Waals surface area contributed by atoms with Gasteiger partial charge in [-0.3, -0.25) is 0 Å². The smallest absolute Gasteiger partial charge is 0.0175 e. The van der Waals surface area contributed by atoms with Crippen LogP contribution in [-0.4, -0.2) is 0 Å². The topological polar surface area (TPSA) is 0 Å². The SMILES string of the molecule is C=C/C(c1cccc(-c2ccc(Br)cc2)c1)=c1/ccccc1=C. The molecular weight excluding hydrogens is 344 g/mol. The Morgan fingerprint density at radius 2 is 1.57 bits per heavy atom. The summed E-state index contributed by atoms with van der Waals surface area (Å²) in [6, 6.07) is 25.0. The summed E-state index contributed by atoms with van der Waals surface area (Å²) in [5.74, 6) is 0. The lowest BCUT2D eigenvalue weighted by atomic mass is 9.97. The van der Waals surface area contributed by atoms with E-state index in [0.29, 0.717) is 0 Å². The van der Waals surface area contributed by atoms with Gasteiger partial charge in [0.2, 0.25) is 0 Å². The van der Waals surface area contributed by atoms with Gasteiger partial charge in [-0.15, -0.1) is 0 Å². The summed E-state index contributed by atoms with van der Waals surface area (Å²) in [4.78, 5) is 0. The Kier molecular flexibility index (Phi) is 4.59. The fourth-order valence-corrected chi connectivity index (χ4v) is 2.94. The first kappa shape index (κ1) is 15.5. The van der Waals surface area contributed by atoms with Crippen LogP contribution in [-0.2, 0) is 0 Å². The highest BCUT2D eigenvalue weighted by molar-refractivity contribution is 9.10. The molecule has 3 rings (SSSR count). The van der Waals surface area contributed by atoms with Gasteiger partial charge >= 0.3 is 0 Å². The molecule has 0 aromatic heterocycles. The summed E-state index contributed by atoms with van der Waals surface area (Å²) in [5.41, 5.74) is 4.64. The van der Waals surface area contributed by atoms with E-state index in [1.165, 1.54) is 11.1 Å². The number of hydrogen-bond donors (Lipinski definition) is 0. The maximum Gasteiger partial charge on any atom is 0.0175 e. The van der Waals surface area contributed by atoms with E-state index in [4.69, 9.17) is 0 Å². The van der Waals surface area contributed by atoms with Crippen molar-refractivity contribution in [2.45, 2.75) is 0 Å². The molecule has 3 aromatic carbocycles. The van der Waals surface area contributed by atoms with Crippen LogP contribution in [0.3, 0.4) is 0 Å². The number of allylic oxidation sites excluding steroid dienone is 1. The molecule has 0 saturated heterocycles. The minimum Gasteiger partial charge on any atom is -0.0984 e. The molecule has 0 aliphatic rings. The van der Waals surface area contributed by atoms with Crippen LogP contribution in [0.15, 0.2) is 89.9 Å². The lowest BCUT2D eigenvalue weighted by Gasteiger charge is -2.08. The van der Waals surface area contributed by atoms with Gasteiger partial charge in [-0.2, -0.15) is 0 Å². The Bertz CT molecular complexity index is 950. The van der Waals surface area contributed by atoms with E-state index < -0.39 is 0 Å². The van der Waals surface area contributed by atoms with Crippen LogP contribution in [0.1, 0.15) is 5.56 Å². The van der Waals surface area contributed by atoms with Gasteiger partial charge in [0.05, 0.1) is 0 Å². The van der Waals surface area contributed by atoms with Gasteiger partial charge in [-0.1, -0.05) is 89.8 Å². The molecule has 0 aliphatic heterocycles. The molecule has 0 nitrogen and oxygen atoms in total. The largest absolute Gasteiger partial charge is 0.0984 e. The molecule has 0 N–H and O–H groups in total. The molecule has 0 spiro atoms. The average Bonchev–Trinajstić information content (AvgIpc) is 2.58. The molecule has 23 heavy (non-hydrogen) atoms. The molecule has 112 valence electrons. The zero-order valence-electron chi connectivity index (χ0n) is 12.8. The van der Waals surface area contributed by atoms with E-state index in [0.717, 1.165) is 26.0 Å². The quantitative estimate of drug-likeness (QED) is 0.622. The summed E-state index contributed by atoms with van der Waals surface area (Å²) >= 11 is 3.48. The fourth-order valence-electron chi connectivity index (χ4n) is 2.68. The third-order valence-electron chi connectivity index (χ3n) is 3.86. The van der Waals surface area contributed by atoms with Crippen LogP contribution < -0.4 is 10.4 Å². The van der Waals surface area contributed by atoms with Crippen molar-refractivity contribution in [2.75, 3.05) is 0 Å². The first-order valence-corrected chi connectivity index (χ1v) is 8.25. The second-order valence-electron chi connectivity index (χ2n) is 5.36. The van der Waals surface area contributed by atoms with E-state index in [1.807, 2.05) is 24.3 Å². The van der Waals surface area contributed by atoms with E-state index in [9.17, 15) is 0 Å². The van der Waals surface area contributed by atoms with Crippen LogP contribution in [0.2, 0.25) is 0 Å². The van der Waals surface area contributed by atoms with Gasteiger partial charge in [0.15, 0.2) is 0 Å². The number of hydrogen-bond acceptors (Lipinski definition) is 0. The molecule has 0 unspecified atom stereocenters. The highest BCUT2D eigenvalue weighted by Crippen LogP contribution is 2.24. The average molecular weight is 361 g/mol. The van der Waals surface area contributed by atoms with Gasteiger partial charge in [-0.25, -0.2) is 0 Å². The highest BCUT2D eigenvalue weighted by Gasteiger charge is 2.03. The Balaban J connectivity index is 2.18. The molecule has 0 aliphatic carbocycles. The van der Waals surface area contributed by atoms with E-state index in [2.05, 4.69) is 83.7 Å². The van der Waals surface area contributed by atoms with Crippen LogP contribution in [0.25, 0.3) is 23.3 Å². The molecule has 0 fully saturated rings. The Hall–Kier alpha value is -2.38. The van der Waals surface area contributed by atoms with Crippen molar-refractivity contribution in [3.8, 4) is 11.1 Å². The van der Waals surface area contributed by atoms with Crippen molar-refractivity contribution in [3.05, 3.63) is 106 Å². The maximum absolute atomic E-state index is 4.13. The first-order chi connectivity index (χ1) is 11.2. The molecule has 0 heterocycles. The fraction of sp³-hybridized carbons (Fsp3) is 0. The van der Waals surface area contributed by atoms with Crippen LogP contribution in [0.4, 0.5) is 0 Å². The number of halogens is 1. The predicted molar refractivity (Wildman–Crippen MR) is 103 cm³/mol. The first-order valence-electron chi connectivity index (χ1n) is 7.46. The summed E-state index contributed by atoms with van der Waals surface area (Å²) in [6.45, 7) is 8.13. The molecular formula is C22H17Br. The van der Waals surface area contributed by atoms with Gasteiger partial charge in [-0.05, 0) is 50.9 Å². The monoisotopic (exact) mass is 360 g/mol. The lowest BCUT2D eigenvalue weighted by Crippen LogP contribution is -2.24. The second kappa shape index (κ2) is 6.80. The summed E-state index contributed by atoms with van der Waals surface area (Å²) < 4.78 is 1.08. The third-order valence-corrected chi connectivity index (χ3v) is 4.39. The minimum absolute atomic E-state index is 1.01. The van der Waals surface area contributed by atoms with Crippen LogP contribution >= 0.6 is 15.9 Å². The molecule has 1 heteroatoms. The van der Waals surface area contributed by atoms with Crippen molar-refractivity contribution in [3.63, 3.8) is 0 Å². The summed E-state index contributed by atoms with van der Waals surface area (Å²) in [7, 11) is 0. The molecule has 0 atom stereocenters. The molecule has 0 amide bonds. The minimum atomic E-state index is 1.01. The molecule has 0 bridgehead atoms. The second-order valence-corrected chi connectivity index (χ2v) is 6.28. The van der Waals surface area contributed by atoms with Crippen molar-refractivity contribution in [2.24, 2.45) is 0 Å². The summed E-state index contributed by atoms with van der Waals surface area (Å²) in [5, 5.41) is 2.13. The van der Waals surface area contributed by atoms with E-state index >= 15 is 0 Å². The van der Waals surface area contributed by atoms with E-state index in [1.54, 1.807) is 0 Å². The van der Waals surface area contributed by atoms with Crippen LogP contribution in [0.5, 0.6) is 0 Å². The zero-order valence-corrected chi connectivity index (χ0v) is 14.4. The van der Waals surface area contributed by atoms with Crippen molar-refractivity contribution in [1.29, 1.82) is 0 Å². The van der Waals surface area contributed by atoms with E-state index in [-0.39, 0.29) is 0 Å². The highest BCUT2D eigenvalue weighted by atomic mass is 79.9. The zero-order chi connectivity index (χ0) is 16.2. The van der Waals surface area contributed by atoms with Crippen molar-refractivity contribution < 1.29 is 0 Å². The standard InChI is InChI=1S/C22H17Br/c1-3-21(22-10-5-4-7-16(22)2)19-9-6-8-18(15-19)17-11-13-20(23)14-12-17/h3-15H,1-2H2/b22-21+. The Morgan fingerprint density at radius 3 is 2.26 bits per heavy atom. The van der Waals surface area contributed by atoms with Gasteiger partial charge in [0, 0.05) is 4.47 Å². The molecule has 3 aromatic rings. The van der Waals surface area contributed by atoms with Crippen molar-refractivity contribution in [1.82, 2.24) is 0 Å². The Morgan fingerprint density at radius 1 is 0.826 bits per heavy atom. The normalized spacial score (nSPS) is 11.9. The molecule has 0 saturated carbocycles. The number of rotatable bonds is 3. The molecule has 0 radical (unpaired) electrons. The third kappa shape index (κ3) is 3.35. The number of benzene rings is 3.